The number of benzene rings is 3. The van der Waals surface area contributed by atoms with Crippen LogP contribution in [0.4, 0.5) is 15.8 Å². The molecule has 0 aliphatic carbocycles. The summed E-state index contributed by atoms with van der Waals surface area (Å²) < 4.78 is 18.9. The summed E-state index contributed by atoms with van der Waals surface area (Å²) in [6.45, 7) is 5.63. The number of hydrogen-bond acceptors (Lipinski definition) is 3. The van der Waals surface area contributed by atoms with E-state index in [1.807, 2.05) is 44.2 Å². The zero-order valence-corrected chi connectivity index (χ0v) is 16.7. The van der Waals surface area contributed by atoms with Crippen molar-refractivity contribution in [3.8, 4) is 5.75 Å². The summed E-state index contributed by atoms with van der Waals surface area (Å²) in [5, 5.41) is 2.83. The second-order valence-electron chi connectivity index (χ2n) is 6.90. The number of nitrogens with zero attached hydrogens (tertiary/aromatic N) is 1. The lowest BCUT2D eigenvalue weighted by atomic mass is 10.1. The van der Waals surface area contributed by atoms with Crippen molar-refractivity contribution in [2.45, 2.75) is 20.8 Å². The predicted octanol–water partition coefficient (Wildman–Crippen LogP) is 5.52. The number of hydrogen-bond donors (Lipinski definition) is 1. The topological polar surface area (TPSA) is 50.7 Å². The van der Waals surface area contributed by atoms with Crippen LogP contribution >= 0.6 is 0 Å². The molecule has 0 aliphatic rings. The van der Waals surface area contributed by atoms with E-state index in [9.17, 15) is 9.18 Å². The number of amides is 1. The highest BCUT2D eigenvalue weighted by atomic mass is 19.1. The molecule has 0 saturated carbocycles. The smallest absolute Gasteiger partial charge is 0.262 e. The molecular weight excluding hydrogens is 367 g/mol. The molecule has 0 aromatic heterocycles. The van der Waals surface area contributed by atoms with Crippen LogP contribution in [0.5, 0.6) is 5.75 Å². The summed E-state index contributed by atoms with van der Waals surface area (Å²) in [5.41, 5.74) is 5.08. The Hall–Kier alpha value is -3.47. The van der Waals surface area contributed by atoms with Gasteiger partial charge < -0.3 is 10.1 Å². The van der Waals surface area contributed by atoms with Gasteiger partial charge in [-0.2, -0.15) is 0 Å². The molecular formula is C24H23FN2O2. The largest absolute Gasteiger partial charge is 0.484 e. The highest BCUT2D eigenvalue weighted by molar-refractivity contribution is 5.92. The third kappa shape index (κ3) is 5.75. The van der Waals surface area contributed by atoms with E-state index < -0.39 is 0 Å². The first kappa shape index (κ1) is 20.3. The highest BCUT2D eigenvalue weighted by Gasteiger charge is 2.05. The molecule has 0 unspecified atom stereocenters. The molecule has 5 heteroatoms. The lowest BCUT2D eigenvalue weighted by Gasteiger charge is -2.09. The monoisotopic (exact) mass is 390 g/mol. The minimum absolute atomic E-state index is 0.0926. The molecule has 3 aromatic carbocycles. The maximum absolute atomic E-state index is 13.3. The van der Waals surface area contributed by atoms with Crippen LogP contribution in [-0.2, 0) is 4.79 Å². The lowest BCUT2D eigenvalue weighted by molar-refractivity contribution is -0.118. The van der Waals surface area contributed by atoms with Gasteiger partial charge in [-0.1, -0.05) is 18.2 Å². The second kappa shape index (κ2) is 9.15. The zero-order chi connectivity index (χ0) is 20.8. The van der Waals surface area contributed by atoms with E-state index in [1.165, 1.54) is 11.6 Å². The summed E-state index contributed by atoms with van der Waals surface area (Å²) in [5.74, 6) is 0.0898. The van der Waals surface area contributed by atoms with Crippen LogP contribution in [-0.4, -0.2) is 18.7 Å². The molecule has 0 heterocycles. The molecule has 0 spiro atoms. The minimum atomic E-state index is -0.251. The van der Waals surface area contributed by atoms with Gasteiger partial charge in [0, 0.05) is 11.9 Å². The van der Waals surface area contributed by atoms with Crippen molar-refractivity contribution in [3.05, 3.63) is 88.7 Å². The van der Waals surface area contributed by atoms with Gasteiger partial charge in [0.1, 0.15) is 11.6 Å². The van der Waals surface area contributed by atoms with Gasteiger partial charge >= 0.3 is 0 Å². The first-order valence-electron chi connectivity index (χ1n) is 9.31. The Morgan fingerprint density at radius 1 is 1.00 bits per heavy atom. The van der Waals surface area contributed by atoms with Crippen LogP contribution in [0.1, 0.15) is 22.3 Å². The first-order chi connectivity index (χ1) is 13.9. The van der Waals surface area contributed by atoms with Gasteiger partial charge in [0.25, 0.3) is 5.91 Å². The molecule has 3 aromatic rings. The molecule has 3 rings (SSSR count). The standard InChI is InChI=1S/C24H23FN2O2/c1-16-7-8-21(11-17(16)2)27-24(28)15-29-22-6-4-5-19(13-22)14-26-20-9-10-23(25)18(3)12-20/h4-14H,15H2,1-3H3,(H,27,28). The number of aryl methyl sites for hydroxylation is 3. The van der Waals surface area contributed by atoms with Crippen molar-refractivity contribution in [2.75, 3.05) is 11.9 Å². The molecule has 1 N–H and O–H groups in total. The zero-order valence-electron chi connectivity index (χ0n) is 16.7. The maximum atomic E-state index is 13.3. The summed E-state index contributed by atoms with van der Waals surface area (Å²) in [7, 11) is 0. The van der Waals surface area contributed by atoms with E-state index in [-0.39, 0.29) is 18.3 Å². The number of ether oxygens (including phenoxy) is 1. The van der Waals surface area contributed by atoms with Crippen molar-refractivity contribution in [3.63, 3.8) is 0 Å². The van der Waals surface area contributed by atoms with E-state index in [0.717, 1.165) is 16.8 Å². The number of carbonyl (C=O) groups excluding carboxylic acids is 1. The van der Waals surface area contributed by atoms with E-state index >= 15 is 0 Å². The van der Waals surface area contributed by atoms with Crippen molar-refractivity contribution >= 4 is 23.5 Å². The molecule has 0 atom stereocenters. The predicted molar refractivity (Wildman–Crippen MR) is 115 cm³/mol. The average Bonchev–Trinajstić information content (AvgIpc) is 2.70. The number of nitrogens with one attached hydrogen (secondary N) is 1. The molecule has 1 amide bonds. The fraction of sp³-hybridized carbons (Fsp3) is 0.167. The van der Waals surface area contributed by atoms with Crippen molar-refractivity contribution in [1.82, 2.24) is 0 Å². The molecule has 148 valence electrons. The number of rotatable bonds is 6. The molecule has 0 fully saturated rings. The third-order valence-electron chi connectivity index (χ3n) is 4.52. The van der Waals surface area contributed by atoms with Gasteiger partial charge in [-0.25, -0.2) is 4.39 Å². The summed E-state index contributed by atoms with van der Waals surface area (Å²) in [6, 6.07) is 17.8. The quantitative estimate of drug-likeness (QED) is 0.564. The van der Waals surface area contributed by atoms with Gasteiger partial charge in [0.05, 0.1) is 5.69 Å². The van der Waals surface area contributed by atoms with Gasteiger partial charge in [-0.15, -0.1) is 0 Å². The molecule has 0 bridgehead atoms. The van der Waals surface area contributed by atoms with Crippen LogP contribution in [0.25, 0.3) is 0 Å². The molecule has 29 heavy (non-hydrogen) atoms. The second-order valence-corrected chi connectivity index (χ2v) is 6.90. The highest BCUT2D eigenvalue weighted by Crippen LogP contribution is 2.18. The van der Waals surface area contributed by atoms with E-state index in [4.69, 9.17) is 4.74 Å². The van der Waals surface area contributed by atoms with Crippen LogP contribution in [0.3, 0.4) is 0 Å². The van der Waals surface area contributed by atoms with Crippen molar-refractivity contribution < 1.29 is 13.9 Å². The average molecular weight is 390 g/mol. The van der Waals surface area contributed by atoms with Gasteiger partial charge in [0.15, 0.2) is 6.61 Å². The number of halogens is 1. The SMILES string of the molecule is Cc1ccc(NC(=O)COc2cccc(C=Nc3ccc(F)c(C)c3)c2)cc1C. The van der Waals surface area contributed by atoms with Crippen LogP contribution in [0, 0.1) is 26.6 Å². The van der Waals surface area contributed by atoms with Crippen LogP contribution < -0.4 is 10.1 Å². The fourth-order valence-electron chi connectivity index (χ4n) is 2.71. The minimum Gasteiger partial charge on any atom is -0.484 e. The summed E-state index contributed by atoms with van der Waals surface area (Å²) in [4.78, 5) is 16.5. The maximum Gasteiger partial charge on any atom is 0.262 e. The Morgan fingerprint density at radius 3 is 2.59 bits per heavy atom. The van der Waals surface area contributed by atoms with Gasteiger partial charge in [-0.3, -0.25) is 9.79 Å². The van der Waals surface area contributed by atoms with Gasteiger partial charge in [-0.05, 0) is 85.5 Å². The van der Waals surface area contributed by atoms with Crippen molar-refractivity contribution in [2.24, 2.45) is 4.99 Å². The summed E-state index contributed by atoms with van der Waals surface area (Å²) in [6.07, 6.45) is 1.68. The first-order valence-corrected chi connectivity index (χ1v) is 9.31. The Kier molecular flexibility index (Phi) is 6.39. The molecule has 0 radical (unpaired) electrons. The molecule has 0 saturated heterocycles. The van der Waals surface area contributed by atoms with E-state index in [1.54, 1.807) is 37.4 Å². The fourth-order valence-corrected chi connectivity index (χ4v) is 2.71. The Labute approximate surface area is 170 Å². The lowest BCUT2D eigenvalue weighted by Crippen LogP contribution is -2.20. The van der Waals surface area contributed by atoms with Gasteiger partial charge in [0.2, 0.25) is 0 Å². The Morgan fingerprint density at radius 2 is 1.83 bits per heavy atom. The summed E-state index contributed by atoms with van der Waals surface area (Å²) >= 11 is 0. The van der Waals surface area contributed by atoms with E-state index in [0.29, 0.717) is 17.0 Å². The third-order valence-corrected chi connectivity index (χ3v) is 4.52. The number of anilines is 1. The van der Waals surface area contributed by atoms with Crippen LogP contribution in [0.15, 0.2) is 65.7 Å². The molecule has 4 nitrogen and oxygen atoms in total. The number of aliphatic imine (C=N–C) groups is 1. The number of carbonyl (C=O) groups is 1. The van der Waals surface area contributed by atoms with Crippen LogP contribution in [0.2, 0.25) is 0 Å². The Balaban J connectivity index is 1.59. The normalized spacial score (nSPS) is 10.9. The van der Waals surface area contributed by atoms with E-state index in [2.05, 4.69) is 10.3 Å². The van der Waals surface area contributed by atoms with Crippen molar-refractivity contribution in [1.29, 1.82) is 0 Å². The Bertz CT molecular complexity index is 1060. The molecule has 0 aliphatic heterocycles.